The predicted octanol–water partition coefficient (Wildman–Crippen LogP) is 4.47. The number of halogens is 1. The molecule has 3 aliphatic rings. The van der Waals surface area contributed by atoms with Gasteiger partial charge in [-0.15, -0.1) is 0 Å². The Labute approximate surface area is 235 Å². The Morgan fingerprint density at radius 1 is 0.925 bits per heavy atom. The lowest BCUT2D eigenvalue weighted by molar-refractivity contribution is 0.0982. The number of anilines is 4. The van der Waals surface area contributed by atoms with E-state index in [1.807, 2.05) is 6.07 Å². The normalized spacial score (nSPS) is 21.1. The molecule has 3 aromatic rings. The van der Waals surface area contributed by atoms with Crippen LogP contribution in [0.15, 0.2) is 54.9 Å². The Bertz CT molecular complexity index is 1280. The van der Waals surface area contributed by atoms with Crippen LogP contribution >= 0.6 is 0 Å². The molecule has 0 unspecified atom stereocenters. The fraction of sp³-hybridized carbons (Fsp3) is 0.467. The van der Waals surface area contributed by atoms with Crippen LogP contribution < -0.4 is 20.0 Å². The molecule has 0 amide bonds. The Kier molecular flexibility index (Phi) is 7.99. The summed E-state index contributed by atoms with van der Waals surface area (Å²) in [5.41, 5.74) is 2.99. The summed E-state index contributed by atoms with van der Waals surface area (Å²) in [5, 5.41) is 5.18. The molecule has 0 bridgehead atoms. The molecular formula is C30H38FN7O2. The summed E-state index contributed by atoms with van der Waals surface area (Å²) in [7, 11) is 3.91. The van der Waals surface area contributed by atoms with E-state index in [4.69, 9.17) is 9.57 Å². The number of piperazine rings is 1. The summed E-state index contributed by atoms with van der Waals surface area (Å²) in [6, 6.07) is 15.3. The Morgan fingerprint density at radius 3 is 2.45 bits per heavy atom. The van der Waals surface area contributed by atoms with Gasteiger partial charge >= 0.3 is 0 Å². The molecule has 9 nitrogen and oxygen atoms in total. The second-order valence-electron chi connectivity index (χ2n) is 10.8. The van der Waals surface area contributed by atoms with E-state index in [9.17, 15) is 4.39 Å². The van der Waals surface area contributed by atoms with Gasteiger partial charge in [0.15, 0.2) is 5.82 Å². The molecule has 3 aliphatic heterocycles. The second-order valence-corrected chi connectivity index (χ2v) is 10.8. The van der Waals surface area contributed by atoms with Crippen molar-refractivity contribution in [3.63, 3.8) is 0 Å². The van der Waals surface area contributed by atoms with E-state index in [0.29, 0.717) is 24.3 Å². The molecule has 2 aromatic carbocycles. The van der Waals surface area contributed by atoms with Gasteiger partial charge in [0.1, 0.15) is 23.7 Å². The van der Waals surface area contributed by atoms with E-state index in [-0.39, 0.29) is 11.9 Å². The van der Waals surface area contributed by atoms with Crippen molar-refractivity contribution in [2.45, 2.75) is 31.3 Å². The topological polar surface area (TPSA) is 69.2 Å². The van der Waals surface area contributed by atoms with Gasteiger partial charge < -0.3 is 19.9 Å². The molecule has 0 radical (unpaired) electrons. The van der Waals surface area contributed by atoms with Crippen LogP contribution in [0.2, 0.25) is 0 Å². The molecule has 6 rings (SSSR count). The monoisotopic (exact) mass is 547 g/mol. The maximum Gasteiger partial charge on any atom is 0.158 e. The number of aromatic nitrogens is 2. The molecule has 1 aromatic heterocycles. The van der Waals surface area contributed by atoms with Crippen molar-refractivity contribution in [1.29, 1.82) is 0 Å². The van der Waals surface area contributed by atoms with Gasteiger partial charge in [-0.1, -0.05) is 12.1 Å². The zero-order valence-corrected chi connectivity index (χ0v) is 23.3. The minimum absolute atomic E-state index is 0.0439. The predicted molar refractivity (Wildman–Crippen MR) is 155 cm³/mol. The van der Waals surface area contributed by atoms with Crippen molar-refractivity contribution in [2.75, 3.05) is 75.3 Å². The van der Waals surface area contributed by atoms with Crippen LogP contribution in [0.5, 0.6) is 5.75 Å². The minimum Gasteiger partial charge on any atom is -0.494 e. The summed E-state index contributed by atoms with van der Waals surface area (Å²) in [6.07, 6.45) is 4.69. The number of hydroxylamine groups is 1. The van der Waals surface area contributed by atoms with E-state index >= 15 is 0 Å². The number of piperidine rings is 1. The molecule has 3 fully saturated rings. The molecule has 0 spiro atoms. The van der Waals surface area contributed by atoms with Crippen molar-refractivity contribution in [2.24, 2.45) is 0 Å². The van der Waals surface area contributed by atoms with E-state index in [1.54, 1.807) is 24.3 Å². The number of hydrogen-bond donors (Lipinski definition) is 1. The summed E-state index contributed by atoms with van der Waals surface area (Å²) < 4.78 is 19.2. The Balaban J connectivity index is 1.12. The first kappa shape index (κ1) is 26.7. The van der Waals surface area contributed by atoms with Gasteiger partial charge in [0, 0.05) is 69.6 Å². The van der Waals surface area contributed by atoms with Crippen LogP contribution in [0.25, 0.3) is 0 Å². The molecule has 10 heteroatoms. The second kappa shape index (κ2) is 12.0. The number of ether oxygens (including phenoxy) is 1. The first-order chi connectivity index (χ1) is 19.6. The largest absolute Gasteiger partial charge is 0.494 e. The standard InChI is InChI=1S/C30H38FN7O2/c1-35-14-16-37(17-15-35)24-9-12-36(13-10-24)25-7-8-26(28(19-25)39-2)34-29-20-30(33-21-32-29)38-27(11-18-40-38)22-3-5-23(31)6-4-22/h3-8,19-21,24,27H,9-18H2,1-2H3,(H,32,33,34)/t27-/m1/s1. The highest BCUT2D eigenvalue weighted by Crippen LogP contribution is 2.36. The highest BCUT2D eigenvalue weighted by atomic mass is 19.1. The van der Waals surface area contributed by atoms with Crippen molar-refractivity contribution < 1.29 is 14.0 Å². The average Bonchev–Trinajstić information content (AvgIpc) is 3.49. The fourth-order valence-corrected chi connectivity index (χ4v) is 6.01. The number of hydrogen-bond acceptors (Lipinski definition) is 9. The zero-order valence-electron chi connectivity index (χ0n) is 23.3. The van der Waals surface area contributed by atoms with Crippen LogP contribution in [0.1, 0.15) is 30.9 Å². The number of nitrogens with zero attached hydrogens (tertiary/aromatic N) is 6. The van der Waals surface area contributed by atoms with Gasteiger partial charge in [-0.3, -0.25) is 9.74 Å². The number of likely N-dealkylation sites (N-methyl/N-ethyl adjacent to an activating group) is 1. The third-order valence-corrected chi connectivity index (χ3v) is 8.37. The Morgan fingerprint density at radius 2 is 1.70 bits per heavy atom. The summed E-state index contributed by atoms with van der Waals surface area (Å²) in [4.78, 5) is 22.3. The molecule has 1 atom stereocenters. The van der Waals surface area contributed by atoms with Gasteiger partial charge in [-0.2, -0.15) is 0 Å². The lowest BCUT2D eigenvalue weighted by Crippen LogP contribution is -2.52. The third-order valence-electron chi connectivity index (χ3n) is 8.37. The SMILES string of the molecule is COc1cc(N2CCC(N3CCN(C)CC3)CC2)ccc1Nc1cc(N2OCC[C@@H]2c2ccc(F)cc2)ncn1. The molecule has 3 saturated heterocycles. The lowest BCUT2D eigenvalue weighted by Gasteiger charge is -2.42. The first-order valence-electron chi connectivity index (χ1n) is 14.2. The van der Waals surface area contributed by atoms with Crippen molar-refractivity contribution in [1.82, 2.24) is 19.8 Å². The first-order valence-corrected chi connectivity index (χ1v) is 14.2. The molecule has 0 aliphatic carbocycles. The van der Waals surface area contributed by atoms with Crippen LogP contribution in [-0.2, 0) is 4.84 Å². The van der Waals surface area contributed by atoms with Crippen molar-refractivity contribution in [3.8, 4) is 5.75 Å². The lowest BCUT2D eigenvalue weighted by atomic mass is 10.0. The maximum atomic E-state index is 13.5. The summed E-state index contributed by atoms with van der Waals surface area (Å²) >= 11 is 0. The molecule has 40 heavy (non-hydrogen) atoms. The van der Waals surface area contributed by atoms with Crippen LogP contribution in [0.3, 0.4) is 0 Å². The molecule has 4 heterocycles. The summed E-state index contributed by atoms with van der Waals surface area (Å²) in [6.45, 7) is 7.35. The Hall–Kier alpha value is -3.47. The van der Waals surface area contributed by atoms with E-state index in [2.05, 4.69) is 55.2 Å². The number of methoxy groups -OCH3 is 1. The highest BCUT2D eigenvalue weighted by Gasteiger charge is 2.30. The molecule has 0 saturated carbocycles. The van der Waals surface area contributed by atoms with Gasteiger partial charge in [-0.25, -0.2) is 19.4 Å². The molecule has 212 valence electrons. The van der Waals surface area contributed by atoms with Crippen LogP contribution in [0, 0.1) is 5.82 Å². The smallest absolute Gasteiger partial charge is 0.158 e. The van der Waals surface area contributed by atoms with E-state index in [1.165, 1.54) is 63.2 Å². The maximum absolute atomic E-state index is 13.5. The van der Waals surface area contributed by atoms with Gasteiger partial charge in [0.25, 0.3) is 0 Å². The van der Waals surface area contributed by atoms with E-state index < -0.39 is 0 Å². The zero-order chi connectivity index (χ0) is 27.5. The van der Waals surface area contributed by atoms with Crippen molar-refractivity contribution in [3.05, 3.63) is 66.2 Å². The number of nitrogens with one attached hydrogen (secondary N) is 1. The third kappa shape index (κ3) is 5.84. The highest BCUT2D eigenvalue weighted by molar-refractivity contribution is 5.70. The van der Waals surface area contributed by atoms with E-state index in [0.717, 1.165) is 36.5 Å². The van der Waals surface area contributed by atoms with Gasteiger partial charge in [0.2, 0.25) is 0 Å². The van der Waals surface area contributed by atoms with Crippen LogP contribution in [0.4, 0.5) is 27.4 Å². The quantitative estimate of drug-likeness (QED) is 0.462. The van der Waals surface area contributed by atoms with Gasteiger partial charge in [-0.05, 0) is 49.7 Å². The fourth-order valence-electron chi connectivity index (χ4n) is 6.01. The summed E-state index contributed by atoms with van der Waals surface area (Å²) in [5.74, 6) is 1.79. The average molecular weight is 548 g/mol. The van der Waals surface area contributed by atoms with Crippen molar-refractivity contribution >= 4 is 23.0 Å². The minimum atomic E-state index is -0.252. The number of rotatable bonds is 7. The number of benzene rings is 2. The van der Waals surface area contributed by atoms with Gasteiger partial charge in [0.05, 0.1) is 25.4 Å². The molecular weight excluding hydrogens is 509 g/mol. The molecule has 1 N–H and O–H groups in total. The van der Waals surface area contributed by atoms with Crippen LogP contribution in [-0.4, -0.2) is 85.8 Å².